The standard InChI is InChI=1S/C22H43NO2.C19H35NO2.C15H30/c1-6-12-20(17-21(24)19(4)5)14-15-22(25)23-16-11-9-7-8-10-13-18(2)3;1-16(2)12-8-6-5-7-11-15-20-19(22)14-10-9-13-18(21)17(3)4;1-3-5-7-9-11-13-15-14-12-10-8-6-4-2/h18-20H,6-17H2,1-5H3,(H,23,25);9-10,16-17H,5-8,11-15H2,1-4H3,(H,20,22);3H,1,4-15H2,2H3/b;10-9+;. The summed E-state index contributed by atoms with van der Waals surface area (Å²) < 4.78 is 0. The summed E-state index contributed by atoms with van der Waals surface area (Å²) in [6, 6.07) is 0. The number of hydrogen-bond acceptors (Lipinski definition) is 4. The topological polar surface area (TPSA) is 92.3 Å². The number of unbranched alkanes of at least 4 members (excludes halogenated alkanes) is 19. The molecule has 0 radical (unpaired) electrons. The van der Waals surface area contributed by atoms with Crippen molar-refractivity contribution in [3.8, 4) is 0 Å². The number of Topliss-reactive ketones (excluding diaryl/α,β-unsaturated/α-hetero) is 2. The van der Waals surface area contributed by atoms with Crippen molar-refractivity contribution in [2.75, 3.05) is 13.1 Å². The Morgan fingerprint density at radius 3 is 1.31 bits per heavy atom. The Kier molecular flexibility index (Phi) is 51.4. The van der Waals surface area contributed by atoms with E-state index >= 15 is 0 Å². The van der Waals surface area contributed by atoms with Gasteiger partial charge in [-0.3, -0.25) is 19.2 Å². The molecule has 366 valence electrons. The first-order chi connectivity index (χ1) is 29.7. The average Bonchev–Trinajstić information content (AvgIpc) is 3.22. The normalized spacial score (nSPS) is 11.7. The third-order valence-corrected chi connectivity index (χ3v) is 11.6. The van der Waals surface area contributed by atoms with Gasteiger partial charge >= 0.3 is 0 Å². The monoisotopic (exact) mass is 873 g/mol. The number of amides is 2. The molecule has 2 N–H and O–H groups in total. The SMILES string of the molecule is C=CCCCCCCCCCCCCC.CC(C)CCCCCCCNC(=O)C/C=C/CC(=O)C(C)C.CCCC(CCC(=O)NCCCCCCCC(C)C)CC(=O)C(C)C. The molecule has 0 saturated heterocycles. The van der Waals surface area contributed by atoms with E-state index in [1.54, 1.807) is 12.2 Å². The molecule has 0 saturated carbocycles. The van der Waals surface area contributed by atoms with Gasteiger partial charge < -0.3 is 10.6 Å². The van der Waals surface area contributed by atoms with Crippen LogP contribution in [0.4, 0.5) is 0 Å². The van der Waals surface area contributed by atoms with E-state index in [1.807, 2.05) is 33.8 Å². The number of nitrogens with one attached hydrogen (secondary N) is 2. The van der Waals surface area contributed by atoms with E-state index in [-0.39, 0.29) is 29.4 Å². The highest BCUT2D eigenvalue weighted by Crippen LogP contribution is 2.20. The van der Waals surface area contributed by atoms with Gasteiger partial charge in [0, 0.05) is 50.6 Å². The van der Waals surface area contributed by atoms with Gasteiger partial charge in [0.1, 0.15) is 11.6 Å². The summed E-state index contributed by atoms with van der Waals surface area (Å²) in [5, 5.41) is 5.97. The maximum atomic E-state index is 12.0. The van der Waals surface area contributed by atoms with E-state index in [1.165, 1.54) is 141 Å². The summed E-state index contributed by atoms with van der Waals surface area (Å²) in [5.41, 5.74) is 0. The van der Waals surface area contributed by atoms with E-state index in [0.717, 1.165) is 57.0 Å². The Hall–Kier alpha value is -2.24. The minimum absolute atomic E-state index is 0.0491. The fourth-order valence-corrected chi connectivity index (χ4v) is 7.22. The molecule has 1 atom stereocenters. The third-order valence-electron chi connectivity index (χ3n) is 11.6. The fraction of sp³-hybridized carbons (Fsp3) is 0.857. The third kappa shape index (κ3) is 53.9. The summed E-state index contributed by atoms with van der Waals surface area (Å²) >= 11 is 0. The second kappa shape index (κ2) is 49.8. The van der Waals surface area contributed by atoms with Gasteiger partial charge in [0.2, 0.25) is 11.8 Å². The molecule has 0 spiro atoms. The highest BCUT2D eigenvalue weighted by atomic mass is 16.2. The molecule has 0 aromatic carbocycles. The summed E-state index contributed by atoms with van der Waals surface area (Å²) in [5.74, 6) is 2.91. The summed E-state index contributed by atoms with van der Waals surface area (Å²) in [6.07, 6.45) is 42.5. The molecule has 0 aliphatic carbocycles. The summed E-state index contributed by atoms with van der Waals surface area (Å²) in [7, 11) is 0. The van der Waals surface area contributed by atoms with E-state index in [2.05, 4.69) is 58.8 Å². The first kappa shape index (κ1) is 64.0. The molecule has 0 aliphatic heterocycles. The molecule has 0 heterocycles. The van der Waals surface area contributed by atoms with Crippen molar-refractivity contribution in [3.63, 3.8) is 0 Å². The lowest BCUT2D eigenvalue weighted by molar-refractivity contribution is -0.124. The van der Waals surface area contributed by atoms with Gasteiger partial charge in [0.25, 0.3) is 0 Å². The van der Waals surface area contributed by atoms with Gasteiger partial charge in [-0.15, -0.1) is 6.58 Å². The van der Waals surface area contributed by atoms with Gasteiger partial charge in [-0.05, 0) is 49.9 Å². The number of hydrogen-bond donors (Lipinski definition) is 2. The molecule has 0 bridgehead atoms. The summed E-state index contributed by atoms with van der Waals surface area (Å²) in [4.78, 5) is 46.9. The Morgan fingerprint density at radius 1 is 0.452 bits per heavy atom. The van der Waals surface area contributed by atoms with Crippen LogP contribution in [-0.4, -0.2) is 36.5 Å². The van der Waals surface area contributed by atoms with E-state index in [4.69, 9.17) is 0 Å². The van der Waals surface area contributed by atoms with Crippen LogP contribution in [0.15, 0.2) is 24.8 Å². The zero-order valence-electron chi connectivity index (χ0n) is 43.3. The van der Waals surface area contributed by atoms with Crippen molar-refractivity contribution in [2.45, 2.75) is 268 Å². The molecule has 0 aromatic rings. The highest BCUT2D eigenvalue weighted by molar-refractivity contribution is 5.82. The van der Waals surface area contributed by atoms with Crippen LogP contribution in [0.3, 0.4) is 0 Å². The lowest BCUT2D eigenvalue weighted by Crippen LogP contribution is -2.25. The van der Waals surface area contributed by atoms with Gasteiger partial charge in [-0.1, -0.05) is 229 Å². The molecular formula is C56H108N2O4. The second-order valence-electron chi connectivity index (χ2n) is 19.7. The highest BCUT2D eigenvalue weighted by Gasteiger charge is 2.17. The molecule has 0 rings (SSSR count). The van der Waals surface area contributed by atoms with Crippen LogP contribution in [0.5, 0.6) is 0 Å². The zero-order chi connectivity index (χ0) is 47.1. The van der Waals surface area contributed by atoms with Gasteiger partial charge in [0.05, 0.1) is 0 Å². The number of ketones is 2. The van der Waals surface area contributed by atoms with Crippen LogP contribution in [0, 0.1) is 29.6 Å². The number of allylic oxidation sites excluding steroid dienone is 2. The molecule has 62 heavy (non-hydrogen) atoms. The molecule has 2 amide bonds. The van der Waals surface area contributed by atoms with Crippen molar-refractivity contribution in [2.24, 2.45) is 29.6 Å². The fourth-order valence-electron chi connectivity index (χ4n) is 7.22. The van der Waals surface area contributed by atoms with Crippen LogP contribution in [0.1, 0.15) is 268 Å². The Balaban J connectivity index is -0.000000868. The number of carbonyl (C=O) groups excluding carboxylic acids is 4. The quantitative estimate of drug-likeness (QED) is 0.0473. The molecule has 6 nitrogen and oxygen atoms in total. The van der Waals surface area contributed by atoms with Crippen LogP contribution < -0.4 is 10.6 Å². The Bertz CT molecular complexity index is 1050. The van der Waals surface area contributed by atoms with E-state index in [9.17, 15) is 19.2 Å². The molecule has 6 heteroatoms. The van der Waals surface area contributed by atoms with Crippen molar-refractivity contribution in [3.05, 3.63) is 24.8 Å². The van der Waals surface area contributed by atoms with Gasteiger partial charge in [-0.2, -0.15) is 0 Å². The van der Waals surface area contributed by atoms with Crippen LogP contribution >= 0.6 is 0 Å². The predicted octanol–water partition coefficient (Wildman–Crippen LogP) is 16.4. The first-order valence-electron chi connectivity index (χ1n) is 26.6. The Labute approximate surface area is 387 Å². The number of rotatable bonds is 41. The van der Waals surface area contributed by atoms with E-state index < -0.39 is 0 Å². The summed E-state index contributed by atoms with van der Waals surface area (Å²) in [6.45, 7) is 26.5. The van der Waals surface area contributed by atoms with Gasteiger partial charge in [0.15, 0.2) is 0 Å². The van der Waals surface area contributed by atoms with Crippen molar-refractivity contribution < 1.29 is 19.2 Å². The van der Waals surface area contributed by atoms with Crippen molar-refractivity contribution in [1.29, 1.82) is 0 Å². The molecule has 0 aliphatic rings. The van der Waals surface area contributed by atoms with E-state index in [0.29, 0.717) is 37.4 Å². The minimum atomic E-state index is 0.0491. The van der Waals surface area contributed by atoms with Crippen molar-refractivity contribution >= 4 is 23.4 Å². The predicted molar refractivity (Wildman–Crippen MR) is 273 cm³/mol. The molecule has 0 fully saturated rings. The lowest BCUT2D eigenvalue weighted by Gasteiger charge is -2.16. The van der Waals surface area contributed by atoms with Crippen LogP contribution in [-0.2, 0) is 19.2 Å². The van der Waals surface area contributed by atoms with Gasteiger partial charge in [-0.25, -0.2) is 0 Å². The minimum Gasteiger partial charge on any atom is -0.356 e. The van der Waals surface area contributed by atoms with Crippen LogP contribution in [0.25, 0.3) is 0 Å². The largest absolute Gasteiger partial charge is 0.356 e. The average molecular weight is 873 g/mol. The number of carbonyl (C=O) groups is 4. The lowest BCUT2D eigenvalue weighted by atomic mass is 9.89. The first-order valence-corrected chi connectivity index (χ1v) is 26.6. The maximum Gasteiger partial charge on any atom is 0.223 e. The molecular weight excluding hydrogens is 765 g/mol. The second-order valence-corrected chi connectivity index (χ2v) is 19.7. The zero-order valence-corrected chi connectivity index (χ0v) is 43.3. The Morgan fingerprint density at radius 2 is 0.871 bits per heavy atom. The smallest absolute Gasteiger partial charge is 0.223 e. The maximum absolute atomic E-state index is 12.0. The van der Waals surface area contributed by atoms with Crippen molar-refractivity contribution in [1.82, 2.24) is 10.6 Å². The molecule has 0 aromatic heterocycles. The molecule has 1 unspecified atom stereocenters. The van der Waals surface area contributed by atoms with Crippen LogP contribution in [0.2, 0.25) is 0 Å².